The maximum absolute atomic E-state index is 12.2. The number of ketones is 1. The first-order chi connectivity index (χ1) is 8.63. The van der Waals surface area contributed by atoms with Gasteiger partial charge in [0.25, 0.3) is 0 Å². The van der Waals surface area contributed by atoms with Gasteiger partial charge in [-0.1, -0.05) is 28.9 Å². The molecule has 0 saturated carbocycles. The quantitative estimate of drug-likeness (QED) is 0.758. The summed E-state index contributed by atoms with van der Waals surface area (Å²) in [5.41, 5.74) is 4.72. The number of aryl methyl sites for hydroxylation is 1. The van der Waals surface area contributed by atoms with E-state index in [1.54, 1.807) is 0 Å². The van der Waals surface area contributed by atoms with Gasteiger partial charge < -0.3 is 0 Å². The molecule has 0 radical (unpaired) electrons. The highest BCUT2D eigenvalue weighted by molar-refractivity contribution is 9.09. The molecule has 1 aromatic carbocycles. The number of hydrogen-bond donors (Lipinski definition) is 0. The molecule has 0 aliphatic heterocycles. The van der Waals surface area contributed by atoms with Crippen molar-refractivity contribution in [2.45, 2.75) is 33.6 Å². The van der Waals surface area contributed by atoms with Crippen LogP contribution in [0.5, 0.6) is 0 Å². The fourth-order valence-corrected chi connectivity index (χ4v) is 2.85. The first-order valence-corrected chi connectivity index (χ1v) is 6.61. The maximum atomic E-state index is 12.2. The average molecular weight is 283 g/mol. The summed E-state index contributed by atoms with van der Waals surface area (Å²) >= 11 is 3.41. The molecule has 16 heavy (non-hydrogen) atoms. The van der Waals surface area contributed by atoms with Crippen LogP contribution in [0.15, 0.2) is 6.07 Å². The van der Waals surface area contributed by atoms with E-state index in [4.69, 9.17) is 2.74 Å². The second-order valence-electron chi connectivity index (χ2n) is 4.44. The first kappa shape index (κ1) is 9.41. The highest BCUT2D eigenvalue weighted by Gasteiger charge is 2.29. The summed E-state index contributed by atoms with van der Waals surface area (Å²) in [7, 11) is 0. The van der Waals surface area contributed by atoms with Gasteiger partial charge in [0.05, 0.1) is 0 Å². The topological polar surface area (TPSA) is 17.1 Å². The number of carbonyl (C=O) groups excluding carboxylic acids is 1. The van der Waals surface area contributed by atoms with Gasteiger partial charge in [0.1, 0.15) is 0 Å². The molecule has 0 heterocycles. The lowest BCUT2D eigenvalue weighted by atomic mass is 9.92. The van der Waals surface area contributed by atoms with Gasteiger partial charge in [-0.25, -0.2) is 0 Å². The Hall–Kier alpha value is -0.630. The van der Waals surface area contributed by atoms with Crippen molar-refractivity contribution in [1.29, 1.82) is 0 Å². The van der Waals surface area contributed by atoms with Gasteiger partial charge in [-0.05, 0) is 48.9 Å². The highest BCUT2D eigenvalue weighted by Crippen LogP contribution is 2.33. The van der Waals surface area contributed by atoms with Crippen molar-refractivity contribution in [2.24, 2.45) is 5.92 Å². The Labute approximate surface area is 108 Å². The van der Waals surface area contributed by atoms with E-state index in [9.17, 15) is 4.79 Å². The van der Waals surface area contributed by atoms with Gasteiger partial charge in [-0.2, -0.15) is 0 Å². The van der Waals surface area contributed by atoms with E-state index in [2.05, 4.69) is 15.9 Å². The van der Waals surface area contributed by atoms with E-state index in [0.717, 1.165) is 46.0 Å². The zero-order chi connectivity index (χ0) is 13.3. The van der Waals surface area contributed by atoms with E-state index in [0.29, 0.717) is 0 Å². The zero-order valence-corrected chi connectivity index (χ0v) is 11.1. The fourth-order valence-electron chi connectivity index (χ4n) is 2.45. The molecule has 2 rings (SSSR count). The van der Waals surface area contributed by atoms with Crippen molar-refractivity contribution in [3.8, 4) is 0 Å². The number of fused-ring (bicyclic) bond motifs is 1. The van der Waals surface area contributed by atoms with Gasteiger partial charge in [0, 0.05) is 19.6 Å². The van der Waals surface area contributed by atoms with Crippen molar-refractivity contribution >= 4 is 21.7 Å². The summed E-state index contributed by atoms with van der Waals surface area (Å²) < 4.78 is 15.4. The molecule has 86 valence electrons. The molecular formula is C14H17BrO. The molecule has 0 aromatic heterocycles. The molecule has 1 atom stereocenters. The third-order valence-electron chi connectivity index (χ3n) is 3.29. The Morgan fingerprint density at radius 3 is 3.00 bits per heavy atom. The molecule has 0 fully saturated rings. The second-order valence-corrected chi connectivity index (χ2v) is 5.23. The number of halogens is 1. The van der Waals surface area contributed by atoms with Gasteiger partial charge in [0.2, 0.25) is 0 Å². The number of benzene rings is 1. The van der Waals surface area contributed by atoms with Crippen LogP contribution < -0.4 is 0 Å². The van der Waals surface area contributed by atoms with Crippen LogP contribution in [0.3, 0.4) is 0 Å². The number of Topliss-reactive ketones (excluding diaryl/α,β-unsaturated/α-hetero) is 1. The van der Waals surface area contributed by atoms with Crippen LogP contribution in [0.4, 0.5) is 0 Å². The van der Waals surface area contributed by atoms with Gasteiger partial charge in [-0.15, -0.1) is 0 Å². The minimum absolute atomic E-state index is 0.0307. The van der Waals surface area contributed by atoms with Crippen LogP contribution in [0.1, 0.15) is 42.3 Å². The van der Waals surface area contributed by atoms with Crippen LogP contribution in [-0.4, -0.2) is 11.1 Å². The van der Waals surface area contributed by atoms with Crippen molar-refractivity contribution in [3.63, 3.8) is 0 Å². The molecule has 1 nitrogen and oxygen atoms in total. The van der Waals surface area contributed by atoms with Crippen LogP contribution in [0, 0.1) is 19.7 Å². The standard InChI is InChI=1S/C14H17BrO/c1-8-6-11-7-9(2)14(16)13(11)10(3)12(8)4-5-15/h6,9H,4-5,7H2,1-3H3/i1D,3D. The van der Waals surface area contributed by atoms with E-state index in [1.165, 1.54) is 0 Å². The third kappa shape index (κ3) is 1.73. The molecule has 1 unspecified atom stereocenters. The van der Waals surface area contributed by atoms with Gasteiger partial charge in [0.15, 0.2) is 5.78 Å². The Morgan fingerprint density at radius 2 is 2.38 bits per heavy atom. The zero-order valence-electron chi connectivity index (χ0n) is 11.5. The molecule has 1 aliphatic rings. The van der Waals surface area contributed by atoms with E-state index in [-0.39, 0.29) is 25.5 Å². The number of carbonyl (C=O) groups is 1. The molecule has 0 amide bonds. The lowest BCUT2D eigenvalue weighted by molar-refractivity contribution is 0.0945. The number of hydrogen-bond acceptors (Lipinski definition) is 1. The van der Waals surface area contributed by atoms with E-state index in [1.807, 2.05) is 13.0 Å². The molecule has 0 saturated heterocycles. The van der Waals surface area contributed by atoms with E-state index < -0.39 is 0 Å². The Morgan fingerprint density at radius 1 is 1.56 bits per heavy atom. The molecular weight excluding hydrogens is 264 g/mol. The molecule has 2 heteroatoms. The maximum Gasteiger partial charge on any atom is 0.166 e. The van der Waals surface area contributed by atoms with E-state index >= 15 is 0 Å². The van der Waals surface area contributed by atoms with Crippen molar-refractivity contribution in [1.82, 2.24) is 0 Å². The minimum atomic E-state index is 0.0307. The molecule has 1 aliphatic carbocycles. The number of alkyl halides is 1. The van der Waals surface area contributed by atoms with Crippen molar-refractivity contribution < 1.29 is 7.54 Å². The van der Waals surface area contributed by atoms with Crippen molar-refractivity contribution in [3.05, 3.63) is 33.9 Å². The molecule has 0 N–H and O–H groups in total. The van der Waals surface area contributed by atoms with Crippen molar-refractivity contribution in [2.75, 3.05) is 5.33 Å². The minimum Gasteiger partial charge on any atom is -0.294 e. The Bertz CT molecular complexity index is 485. The fraction of sp³-hybridized carbons (Fsp3) is 0.500. The lowest BCUT2D eigenvalue weighted by Crippen LogP contribution is -2.07. The van der Waals surface area contributed by atoms with Crippen LogP contribution in [0.2, 0.25) is 0 Å². The van der Waals surface area contributed by atoms with Crippen LogP contribution in [-0.2, 0) is 12.8 Å². The summed E-state index contributed by atoms with van der Waals surface area (Å²) in [5.74, 6) is 0.211. The summed E-state index contributed by atoms with van der Waals surface area (Å²) in [6.07, 6.45) is 1.56. The molecule has 1 aromatic rings. The van der Waals surface area contributed by atoms with Crippen LogP contribution >= 0.6 is 15.9 Å². The highest BCUT2D eigenvalue weighted by atomic mass is 79.9. The summed E-state index contributed by atoms with van der Waals surface area (Å²) in [6.45, 7) is 2.31. The monoisotopic (exact) mass is 282 g/mol. The lowest BCUT2D eigenvalue weighted by Gasteiger charge is -2.12. The summed E-state index contributed by atoms with van der Waals surface area (Å²) in [6, 6.07) is 2.01. The Kier molecular flexibility index (Phi) is 2.54. The Balaban J connectivity index is 2.65. The van der Waals surface area contributed by atoms with Crippen LogP contribution in [0.25, 0.3) is 0 Å². The summed E-state index contributed by atoms with van der Waals surface area (Å²) in [5, 5.41) is 0.801. The van der Waals surface area contributed by atoms with Gasteiger partial charge >= 0.3 is 0 Å². The predicted molar refractivity (Wildman–Crippen MR) is 70.6 cm³/mol. The third-order valence-corrected chi connectivity index (χ3v) is 3.68. The second kappa shape index (κ2) is 4.33. The molecule has 0 bridgehead atoms. The largest absolute Gasteiger partial charge is 0.294 e. The number of rotatable bonds is 2. The molecule has 0 spiro atoms. The normalized spacial score (nSPS) is 20.6. The first-order valence-electron chi connectivity index (χ1n) is 6.90. The van der Waals surface area contributed by atoms with Gasteiger partial charge in [-0.3, -0.25) is 4.79 Å². The smallest absolute Gasteiger partial charge is 0.166 e. The summed E-state index contributed by atoms with van der Waals surface area (Å²) in [4.78, 5) is 12.2. The average Bonchev–Trinajstić information content (AvgIpc) is 2.65. The predicted octanol–water partition coefficient (Wildman–Crippen LogP) is 3.62. The SMILES string of the molecule is [2H]Cc1cc2c(c(C[2H])c1CCBr)C(=O)C(C)C2.